The number of hydrogen-bond donors (Lipinski definition) is 0. The van der Waals surface area contributed by atoms with Gasteiger partial charge >= 0.3 is 0 Å². The molecule has 0 saturated heterocycles. The molecule has 1 aromatic heterocycles. The number of nitrogens with zero attached hydrogens (tertiary/aromatic N) is 3. The number of rotatable bonds is 7. The molecule has 1 heterocycles. The number of amides is 1. The SMILES string of the molecule is O=C(c1ccccc1)N(CCc1nc(-c2ccc(Br)cc2)no1)Cc1ccccc1. The van der Waals surface area contributed by atoms with E-state index in [2.05, 4.69) is 26.1 Å². The second kappa shape index (κ2) is 9.50. The van der Waals surface area contributed by atoms with Crippen molar-refractivity contribution in [2.75, 3.05) is 6.54 Å². The van der Waals surface area contributed by atoms with E-state index in [0.29, 0.717) is 36.8 Å². The van der Waals surface area contributed by atoms with Gasteiger partial charge in [0.1, 0.15) is 0 Å². The first kappa shape index (κ1) is 20.0. The van der Waals surface area contributed by atoms with Crippen LogP contribution < -0.4 is 0 Å². The molecule has 4 rings (SSSR count). The molecular formula is C24H20BrN3O2. The van der Waals surface area contributed by atoms with Gasteiger partial charge in [-0.2, -0.15) is 4.98 Å². The number of benzene rings is 3. The van der Waals surface area contributed by atoms with E-state index in [0.717, 1.165) is 15.6 Å². The molecule has 0 saturated carbocycles. The Labute approximate surface area is 183 Å². The van der Waals surface area contributed by atoms with Crippen molar-refractivity contribution in [3.63, 3.8) is 0 Å². The molecule has 4 aromatic rings. The molecule has 0 atom stereocenters. The average Bonchev–Trinajstić information content (AvgIpc) is 3.27. The zero-order chi connectivity index (χ0) is 20.8. The molecule has 0 unspecified atom stereocenters. The van der Waals surface area contributed by atoms with Crippen molar-refractivity contribution in [2.24, 2.45) is 0 Å². The van der Waals surface area contributed by atoms with Gasteiger partial charge in [0.15, 0.2) is 0 Å². The second-order valence-electron chi connectivity index (χ2n) is 6.85. The fourth-order valence-electron chi connectivity index (χ4n) is 3.12. The van der Waals surface area contributed by atoms with Crippen LogP contribution in [-0.4, -0.2) is 27.5 Å². The summed E-state index contributed by atoms with van der Waals surface area (Å²) in [5.74, 6) is 1.03. The third-order valence-electron chi connectivity index (χ3n) is 4.69. The fourth-order valence-corrected chi connectivity index (χ4v) is 3.39. The first-order chi connectivity index (χ1) is 14.7. The Morgan fingerprint density at radius 3 is 2.27 bits per heavy atom. The number of hydrogen-bond acceptors (Lipinski definition) is 4. The Kier molecular flexibility index (Phi) is 6.35. The summed E-state index contributed by atoms with van der Waals surface area (Å²) in [4.78, 5) is 19.4. The highest BCUT2D eigenvalue weighted by molar-refractivity contribution is 9.10. The third kappa shape index (κ3) is 5.02. The molecular weight excluding hydrogens is 442 g/mol. The number of halogens is 1. The average molecular weight is 462 g/mol. The zero-order valence-electron chi connectivity index (χ0n) is 16.2. The molecule has 0 aliphatic rings. The van der Waals surface area contributed by atoms with Crippen molar-refractivity contribution in [1.82, 2.24) is 15.0 Å². The monoisotopic (exact) mass is 461 g/mol. The Morgan fingerprint density at radius 2 is 1.57 bits per heavy atom. The second-order valence-corrected chi connectivity index (χ2v) is 7.76. The minimum Gasteiger partial charge on any atom is -0.339 e. The predicted octanol–water partition coefficient (Wildman–Crippen LogP) is 5.38. The maximum Gasteiger partial charge on any atom is 0.254 e. The van der Waals surface area contributed by atoms with Gasteiger partial charge < -0.3 is 9.42 Å². The van der Waals surface area contributed by atoms with Crippen LogP contribution in [0.1, 0.15) is 21.8 Å². The lowest BCUT2D eigenvalue weighted by Crippen LogP contribution is -2.32. The summed E-state index contributed by atoms with van der Waals surface area (Å²) in [6.07, 6.45) is 0.481. The van der Waals surface area contributed by atoms with Gasteiger partial charge in [0.25, 0.3) is 5.91 Å². The smallest absolute Gasteiger partial charge is 0.254 e. The van der Waals surface area contributed by atoms with Crippen molar-refractivity contribution >= 4 is 21.8 Å². The molecule has 0 aliphatic heterocycles. The highest BCUT2D eigenvalue weighted by atomic mass is 79.9. The van der Waals surface area contributed by atoms with E-state index in [9.17, 15) is 4.79 Å². The van der Waals surface area contributed by atoms with Crippen molar-refractivity contribution in [2.45, 2.75) is 13.0 Å². The summed E-state index contributed by atoms with van der Waals surface area (Å²) in [5, 5.41) is 4.08. The molecule has 6 heteroatoms. The highest BCUT2D eigenvalue weighted by Crippen LogP contribution is 2.19. The summed E-state index contributed by atoms with van der Waals surface area (Å²) >= 11 is 3.42. The van der Waals surface area contributed by atoms with Crippen molar-refractivity contribution in [3.05, 3.63) is 106 Å². The van der Waals surface area contributed by atoms with E-state index in [4.69, 9.17) is 4.52 Å². The maximum absolute atomic E-state index is 13.1. The Balaban J connectivity index is 1.49. The summed E-state index contributed by atoms with van der Waals surface area (Å²) in [5.41, 5.74) is 2.62. The lowest BCUT2D eigenvalue weighted by molar-refractivity contribution is 0.0741. The maximum atomic E-state index is 13.1. The van der Waals surface area contributed by atoms with Gasteiger partial charge in [-0.1, -0.05) is 69.6 Å². The van der Waals surface area contributed by atoms with Gasteiger partial charge in [-0.05, 0) is 42.0 Å². The first-order valence-electron chi connectivity index (χ1n) is 9.66. The Morgan fingerprint density at radius 1 is 0.900 bits per heavy atom. The van der Waals surface area contributed by atoms with Crippen molar-refractivity contribution < 1.29 is 9.32 Å². The number of carbonyl (C=O) groups excluding carboxylic acids is 1. The largest absolute Gasteiger partial charge is 0.339 e. The lowest BCUT2D eigenvalue weighted by Gasteiger charge is -2.22. The van der Waals surface area contributed by atoms with E-state index >= 15 is 0 Å². The quantitative estimate of drug-likeness (QED) is 0.370. The Hall–Kier alpha value is -3.25. The van der Waals surface area contributed by atoms with E-state index in [1.165, 1.54) is 0 Å². The highest BCUT2D eigenvalue weighted by Gasteiger charge is 2.18. The van der Waals surface area contributed by atoms with Crippen LogP contribution in [0, 0.1) is 0 Å². The van der Waals surface area contributed by atoms with Gasteiger partial charge in [-0.25, -0.2) is 0 Å². The molecule has 30 heavy (non-hydrogen) atoms. The van der Waals surface area contributed by atoms with Crippen LogP contribution in [0.2, 0.25) is 0 Å². The van der Waals surface area contributed by atoms with Gasteiger partial charge in [0.05, 0.1) is 0 Å². The molecule has 0 spiro atoms. The molecule has 1 amide bonds. The standard InChI is InChI=1S/C24H20BrN3O2/c25-21-13-11-19(12-14-21)23-26-22(30-27-23)15-16-28(17-18-7-3-1-4-8-18)24(29)20-9-5-2-6-10-20/h1-14H,15-17H2. The molecule has 150 valence electrons. The first-order valence-corrected chi connectivity index (χ1v) is 10.4. The minimum absolute atomic E-state index is 0.0212. The van der Waals surface area contributed by atoms with Crippen LogP contribution in [0.4, 0.5) is 0 Å². The molecule has 0 N–H and O–H groups in total. The third-order valence-corrected chi connectivity index (χ3v) is 5.22. The van der Waals surface area contributed by atoms with E-state index < -0.39 is 0 Å². The van der Waals surface area contributed by atoms with Crippen LogP contribution in [0.5, 0.6) is 0 Å². The van der Waals surface area contributed by atoms with Crippen molar-refractivity contribution in [1.29, 1.82) is 0 Å². The number of carbonyl (C=O) groups is 1. The molecule has 0 aliphatic carbocycles. The topological polar surface area (TPSA) is 59.2 Å². The normalized spacial score (nSPS) is 10.7. The Bertz CT molecular complexity index is 1100. The molecule has 0 bridgehead atoms. The minimum atomic E-state index is -0.0212. The molecule has 0 radical (unpaired) electrons. The molecule has 5 nitrogen and oxygen atoms in total. The van der Waals surface area contributed by atoms with E-state index in [1.54, 1.807) is 0 Å². The van der Waals surface area contributed by atoms with Crippen molar-refractivity contribution in [3.8, 4) is 11.4 Å². The van der Waals surface area contributed by atoms with E-state index in [-0.39, 0.29) is 5.91 Å². The predicted molar refractivity (Wildman–Crippen MR) is 119 cm³/mol. The molecule has 0 fully saturated rings. The van der Waals surface area contributed by atoms with Gasteiger partial charge in [-0.3, -0.25) is 4.79 Å². The van der Waals surface area contributed by atoms with Crippen LogP contribution >= 0.6 is 15.9 Å². The zero-order valence-corrected chi connectivity index (χ0v) is 17.8. The summed E-state index contributed by atoms with van der Waals surface area (Å²) in [7, 11) is 0. The van der Waals surface area contributed by atoms with Crippen LogP contribution in [0.3, 0.4) is 0 Å². The van der Waals surface area contributed by atoms with Crippen LogP contribution in [-0.2, 0) is 13.0 Å². The van der Waals surface area contributed by atoms with Crippen LogP contribution in [0.25, 0.3) is 11.4 Å². The van der Waals surface area contributed by atoms with Gasteiger partial charge in [0.2, 0.25) is 11.7 Å². The lowest BCUT2D eigenvalue weighted by atomic mass is 10.1. The number of aromatic nitrogens is 2. The van der Waals surface area contributed by atoms with Gasteiger partial charge in [0, 0.05) is 35.1 Å². The fraction of sp³-hybridized carbons (Fsp3) is 0.125. The van der Waals surface area contributed by atoms with Gasteiger partial charge in [-0.15, -0.1) is 0 Å². The van der Waals surface area contributed by atoms with Crippen LogP contribution in [0.15, 0.2) is 93.9 Å². The summed E-state index contributed by atoms with van der Waals surface area (Å²) in [6, 6.07) is 27.0. The summed E-state index contributed by atoms with van der Waals surface area (Å²) in [6.45, 7) is 0.993. The summed E-state index contributed by atoms with van der Waals surface area (Å²) < 4.78 is 6.42. The molecule has 3 aromatic carbocycles. The van der Waals surface area contributed by atoms with E-state index in [1.807, 2.05) is 89.8 Å².